The molecule has 1 unspecified atom stereocenters. The third-order valence-electron chi connectivity index (χ3n) is 5.36. The maximum Gasteiger partial charge on any atom is 0.145 e. The van der Waals surface area contributed by atoms with Gasteiger partial charge in [0.15, 0.2) is 0 Å². The Labute approximate surface area is 161 Å². The maximum absolute atomic E-state index is 5.64. The number of nitrogens with one attached hydrogen (secondary N) is 1. The number of hydrogen-bond acceptors (Lipinski definition) is 3. The van der Waals surface area contributed by atoms with Crippen LogP contribution in [-0.2, 0) is 0 Å². The Morgan fingerprint density at radius 3 is 2.64 bits per heavy atom. The fourth-order valence-corrected chi connectivity index (χ4v) is 4.05. The molecule has 0 radical (unpaired) electrons. The fraction of sp³-hybridized carbons (Fsp3) is 0.0417. The molecule has 3 heterocycles. The van der Waals surface area contributed by atoms with E-state index in [0.717, 1.165) is 33.4 Å². The number of hydrogen-bond donors (Lipinski definition) is 1. The van der Waals surface area contributed by atoms with Crippen molar-refractivity contribution in [2.45, 2.75) is 6.17 Å². The number of benzene rings is 3. The highest BCUT2D eigenvalue weighted by atomic mass is 16.3. The smallest absolute Gasteiger partial charge is 0.145 e. The molecule has 0 amide bonds. The predicted molar refractivity (Wildman–Crippen MR) is 114 cm³/mol. The number of aromatic nitrogens is 1. The number of nitrogens with zero attached hydrogens (tertiary/aromatic N) is 2. The van der Waals surface area contributed by atoms with E-state index >= 15 is 0 Å². The van der Waals surface area contributed by atoms with Crippen LogP contribution in [0.15, 0.2) is 94.5 Å². The van der Waals surface area contributed by atoms with Crippen LogP contribution in [0.1, 0.15) is 11.7 Å². The standard InChI is InChI=1S/C24H17N3O/c1-2-6-16(7-3-1)24-25-12-10-23(26-24)27-20-9-5-4-8-18(20)19-15-22-17(11-13-28-22)14-21(19)27/h1-15,24,26H. The summed E-state index contributed by atoms with van der Waals surface area (Å²) >= 11 is 0. The first-order chi connectivity index (χ1) is 13.9. The summed E-state index contributed by atoms with van der Waals surface area (Å²) in [6.07, 6.45) is 5.56. The molecule has 0 aliphatic carbocycles. The highest BCUT2D eigenvalue weighted by Crippen LogP contribution is 2.35. The first-order valence-electron chi connectivity index (χ1n) is 9.34. The molecule has 0 bridgehead atoms. The first kappa shape index (κ1) is 15.3. The highest BCUT2D eigenvalue weighted by molar-refractivity contribution is 6.13. The summed E-state index contributed by atoms with van der Waals surface area (Å²) in [6.45, 7) is 0. The maximum atomic E-state index is 5.64. The van der Waals surface area contributed by atoms with Crippen LogP contribution in [0.25, 0.3) is 38.6 Å². The van der Waals surface area contributed by atoms with E-state index in [0.29, 0.717) is 0 Å². The zero-order valence-corrected chi connectivity index (χ0v) is 15.0. The molecule has 134 valence electrons. The van der Waals surface area contributed by atoms with Crippen molar-refractivity contribution in [2.75, 3.05) is 0 Å². The topological polar surface area (TPSA) is 42.5 Å². The van der Waals surface area contributed by atoms with E-state index in [2.05, 4.69) is 63.4 Å². The van der Waals surface area contributed by atoms with Crippen molar-refractivity contribution in [3.8, 4) is 0 Å². The van der Waals surface area contributed by atoms with Gasteiger partial charge in [0.2, 0.25) is 0 Å². The molecule has 4 heteroatoms. The van der Waals surface area contributed by atoms with Crippen LogP contribution in [0.3, 0.4) is 0 Å². The van der Waals surface area contributed by atoms with Gasteiger partial charge in [0.25, 0.3) is 0 Å². The molecule has 1 aliphatic rings. The lowest BCUT2D eigenvalue weighted by Crippen LogP contribution is -2.24. The van der Waals surface area contributed by atoms with Crippen LogP contribution in [0.4, 0.5) is 0 Å². The lowest BCUT2D eigenvalue weighted by Gasteiger charge is -2.23. The molecule has 4 nitrogen and oxygen atoms in total. The predicted octanol–water partition coefficient (Wildman–Crippen LogP) is 5.71. The third kappa shape index (κ3) is 2.21. The minimum Gasteiger partial charge on any atom is -0.464 e. The first-order valence-corrected chi connectivity index (χ1v) is 9.34. The van der Waals surface area contributed by atoms with Gasteiger partial charge in [0.1, 0.15) is 17.6 Å². The van der Waals surface area contributed by atoms with Crippen molar-refractivity contribution in [2.24, 2.45) is 4.99 Å². The minimum absolute atomic E-state index is 0.102. The Bertz CT molecular complexity index is 1390. The molecule has 1 aliphatic heterocycles. The molecule has 0 fully saturated rings. The van der Waals surface area contributed by atoms with E-state index in [-0.39, 0.29) is 6.17 Å². The molecule has 2 aromatic heterocycles. The van der Waals surface area contributed by atoms with Crippen molar-refractivity contribution in [3.63, 3.8) is 0 Å². The molecule has 1 atom stereocenters. The molecule has 3 aromatic carbocycles. The lowest BCUT2D eigenvalue weighted by atomic mass is 10.1. The molecule has 0 saturated carbocycles. The summed E-state index contributed by atoms with van der Waals surface area (Å²) < 4.78 is 7.92. The van der Waals surface area contributed by atoms with Gasteiger partial charge in [0.05, 0.1) is 17.3 Å². The number of para-hydroxylation sites is 1. The fourth-order valence-electron chi connectivity index (χ4n) is 4.05. The van der Waals surface area contributed by atoms with E-state index < -0.39 is 0 Å². The average Bonchev–Trinajstić information content (AvgIpc) is 3.34. The van der Waals surface area contributed by atoms with Crippen molar-refractivity contribution >= 4 is 44.8 Å². The molecule has 1 N–H and O–H groups in total. The van der Waals surface area contributed by atoms with E-state index in [1.807, 2.05) is 36.6 Å². The van der Waals surface area contributed by atoms with Gasteiger partial charge in [-0.3, -0.25) is 9.56 Å². The van der Waals surface area contributed by atoms with Gasteiger partial charge in [-0.25, -0.2) is 0 Å². The van der Waals surface area contributed by atoms with Crippen molar-refractivity contribution < 1.29 is 4.42 Å². The summed E-state index contributed by atoms with van der Waals surface area (Å²) in [5.74, 6) is 1.01. The molecule has 28 heavy (non-hydrogen) atoms. The number of furan rings is 1. The van der Waals surface area contributed by atoms with Crippen LogP contribution >= 0.6 is 0 Å². The van der Waals surface area contributed by atoms with Gasteiger partial charge in [-0.15, -0.1) is 0 Å². The summed E-state index contributed by atoms with van der Waals surface area (Å²) in [4.78, 5) is 4.62. The van der Waals surface area contributed by atoms with Gasteiger partial charge < -0.3 is 9.73 Å². The largest absolute Gasteiger partial charge is 0.464 e. The Morgan fingerprint density at radius 1 is 0.857 bits per heavy atom. The van der Waals surface area contributed by atoms with Gasteiger partial charge in [0, 0.05) is 22.4 Å². The summed E-state index contributed by atoms with van der Waals surface area (Å²) in [5.41, 5.74) is 4.36. The average molecular weight is 363 g/mol. The molecule has 0 saturated heterocycles. The van der Waals surface area contributed by atoms with Crippen LogP contribution < -0.4 is 5.32 Å². The van der Waals surface area contributed by atoms with Crippen LogP contribution in [0.2, 0.25) is 0 Å². The minimum atomic E-state index is -0.102. The quantitative estimate of drug-likeness (QED) is 0.436. The Morgan fingerprint density at radius 2 is 1.71 bits per heavy atom. The normalized spacial score (nSPS) is 16.6. The third-order valence-corrected chi connectivity index (χ3v) is 5.36. The zero-order chi connectivity index (χ0) is 18.5. The van der Waals surface area contributed by atoms with E-state index in [1.165, 1.54) is 10.8 Å². The summed E-state index contributed by atoms with van der Waals surface area (Å²) in [5, 5.41) is 7.09. The van der Waals surface area contributed by atoms with Gasteiger partial charge >= 0.3 is 0 Å². The Balaban J connectivity index is 1.58. The van der Waals surface area contributed by atoms with Crippen LogP contribution in [-0.4, -0.2) is 10.8 Å². The van der Waals surface area contributed by atoms with Crippen LogP contribution in [0, 0.1) is 0 Å². The monoisotopic (exact) mass is 363 g/mol. The zero-order valence-electron chi connectivity index (χ0n) is 15.0. The lowest BCUT2D eigenvalue weighted by molar-refractivity contribution is 0.616. The van der Waals surface area contributed by atoms with Gasteiger partial charge in [-0.2, -0.15) is 0 Å². The molecular formula is C24H17N3O. The van der Waals surface area contributed by atoms with Crippen LogP contribution in [0.5, 0.6) is 0 Å². The Kier molecular flexibility index (Phi) is 3.20. The number of rotatable bonds is 2. The van der Waals surface area contributed by atoms with Crippen molar-refractivity contribution in [1.82, 2.24) is 9.88 Å². The summed E-state index contributed by atoms with van der Waals surface area (Å²) in [7, 11) is 0. The Hall–Kier alpha value is -3.79. The van der Waals surface area contributed by atoms with Crippen molar-refractivity contribution in [3.05, 3.63) is 90.7 Å². The van der Waals surface area contributed by atoms with E-state index in [1.54, 1.807) is 6.26 Å². The summed E-state index contributed by atoms with van der Waals surface area (Å²) in [6, 6.07) is 25.1. The number of allylic oxidation sites excluding steroid dienone is 1. The van der Waals surface area contributed by atoms with Gasteiger partial charge in [-0.05, 0) is 35.9 Å². The number of aliphatic imine (C=N–C) groups is 1. The second kappa shape index (κ2) is 5.86. The molecular weight excluding hydrogens is 346 g/mol. The second-order valence-electron chi connectivity index (χ2n) is 6.99. The van der Waals surface area contributed by atoms with E-state index in [9.17, 15) is 0 Å². The molecule has 5 aromatic rings. The highest BCUT2D eigenvalue weighted by Gasteiger charge is 2.19. The van der Waals surface area contributed by atoms with E-state index in [4.69, 9.17) is 4.42 Å². The number of fused-ring (bicyclic) bond motifs is 4. The van der Waals surface area contributed by atoms with Gasteiger partial charge in [-0.1, -0.05) is 48.5 Å². The molecule has 0 spiro atoms. The SMILES string of the molecule is C1=NC(c2ccccc2)NC(n2c3ccccc3c3cc4occc4cc32)=C1. The second-order valence-corrected chi connectivity index (χ2v) is 6.99. The molecule has 6 rings (SSSR count). The van der Waals surface area contributed by atoms with Crippen molar-refractivity contribution in [1.29, 1.82) is 0 Å².